The Morgan fingerprint density at radius 2 is 2.26 bits per heavy atom. The van der Waals surface area contributed by atoms with Gasteiger partial charge < -0.3 is 9.64 Å². The summed E-state index contributed by atoms with van der Waals surface area (Å²) in [6.45, 7) is 9.22. The van der Waals surface area contributed by atoms with Crippen LogP contribution in [0.1, 0.15) is 33.6 Å². The summed E-state index contributed by atoms with van der Waals surface area (Å²) < 4.78 is 5.84. The summed E-state index contributed by atoms with van der Waals surface area (Å²) in [5.74, 6) is 0.104. The van der Waals surface area contributed by atoms with Crippen molar-refractivity contribution in [2.75, 3.05) is 33.2 Å². The highest BCUT2D eigenvalue weighted by Crippen LogP contribution is 2.20. The van der Waals surface area contributed by atoms with Gasteiger partial charge in [0.25, 0.3) is 0 Å². The Bertz CT molecular complexity index is 349. The first-order valence-corrected chi connectivity index (χ1v) is 6.85. The molecule has 1 heterocycles. The molecule has 0 saturated carbocycles. The van der Waals surface area contributed by atoms with Gasteiger partial charge in [0.2, 0.25) is 5.91 Å². The van der Waals surface area contributed by atoms with E-state index >= 15 is 0 Å². The van der Waals surface area contributed by atoms with Gasteiger partial charge in [0.05, 0.1) is 24.2 Å². The third-order valence-corrected chi connectivity index (χ3v) is 3.27. The zero-order chi connectivity index (χ0) is 14.5. The average Bonchev–Trinajstić information content (AvgIpc) is 2.30. The molecular weight excluding hydrogens is 242 g/mol. The van der Waals surface area contributed by atoms with Crippen molar-refractivity contribution in [1.29, 1.82) is 5.26 Å². The lowest BCUT2D eigenvalue weighted by molar-refractivity contribution is -0.137. The number of nitrogens with zero attached hydrogens (tertiary/aromatic N) is 3. The van der Waals surface area contributed by atoms with Gasteiger partial charge in [0, 0.05) is 39.6 Å². The molecule has 1 aliphatic rings. The summed E-state index contributed by atoms with van der Waals surface area (Å²) in [4.78, 5) is 15.8. The normalized spacial score (nSPS) is 22.8. The average molecular weight is 267 g/mol. The number of hydrogen-bond donors (Lipinski definition) is 0. The van der Waals surface area contributed by atoms with Crippen LogP contribution in [0.25, 0.3) is 0 Å². The van der Waals surface area contributed by atoms with Crippen LogP contribution in [0.15, 0.2) is 0 Å². The predicted molar refractivity (Wildman–Crippen MR) is 73.6 cm³/mol. The summed E-state index contributed by atoms with van der Waals surface area (Å²) in [5, 5.41) is 8.51. The molecule has 1 atom stereocenters. The van der Waals surface area contributed by atoms with Crippen LogP contribution in [0.4, 0.5) is 0 Å². The fourth-order valence-electron chi connectivity index (χ4n) is 2.54. The van der Waals surface area contributed by atoms with Crippen molar-refractivity contribution < 1.29 is 9.53 Å². The van der Waals surface area contributed by atoms with Crippen LogP contribution in [0.5, 0.6) is 0 Å². The van der Waals surface area contributed by atoms with Crippen molar-refractivity contribution in [3.05, 3.63) is 0 Å². The van der Waals surface area contributed by atoms with Crippen molar-refractivity contribution in [3.8, 4) is 6.07 Å². The molecule has 1 fully saturated rings. The number of morpholine rings is 1. The van der Waals surface area contributed by atoms with Crippen LogP contribution in [-0.4, -0.2) is 60.6 Å². The van der Waals surface area contributed by atoms with Crippen LogP contribution in [0.2, 0.25) is 0 Å². The summed E-state index contributed by atoms with van der Waals surface area (Å²) >= 11 is 0. The molecule has 0 radical (unpaired) electrons. The lowest BCUT2D eigenvalue weighted by Crippen LogP contribution is -2.52. The molecule has 0 aliphatic carbocycles. The summed E-state index contributed by atoms with van der Waals surface area (Å²) in [7, 11) is 1.76. The fourth-order valence-corrected chi connectivity index (χ4v) is 2.54. The lowest BCUT2D eigenvalue weighted by Gasteiger charge is -2.41. The van der Waals surface area contributed by atoms with Crippen molar-refractivity contribution in [2.24, 2.45) is 0 Å². The molecule has 1 saturated heterocycles. The maximum Gasteiger partial charge on any atom is 0.223 e. The Morgan fingerprint density at radius 1 is 1.58 bits per heavy atom. The molecule has 1 aliphatic heterocycles. The Morgan fingerprint density at radius 3 is 2.84 bits per heavy atom. The molecule has 0 aromatic rings. The largest absolute Gasteiger partial charge is 0.370 e. The van der Waals surface area contributed by atoms with Gasteiger partial charge in [-0.2, -0.15) is 5.26 Å². The number of nitriles is 1. The number of ether oxygens (including phenoxy) is 1. The summed E-state index contributed by atoms with van der Waals surface area (Å²) in [6.07, 6.45) is 1.10. The van der Waals surface area contributed by atoms with Crippen molar-refractivity contribution in [1.82, 2.24) is 9.80 Å². The number of amides is 1. The molecule has 0 N–H and O–H groups in total. The van der Waals surface area contributed by atoms with Crippen LogP contribution in [-0.2, 0) is 9.53 Å². The van der Waals surface area contributed by atoms with E-state index in [0.29, 0.717) is 19.4 Å². The molecular formula is C14H25N3O2. The Balaban J connectivity index is 2.36. The molecule has 0 bridgehead atoms. The monoisotopic (exact) mass is 267 g/mol. The fraction of sp³-hybridized carbons (Fsp3) is 0.857. The molecule has 1 unspecified atom stereocenters. The van der Waals surface area contributed by atoms with Gasteiger partial charge in [-0.05, 0) is 20.8 Å². The van der Waals surface area contributed by atoms with Gasteiger partial charge >= 0.3 is 0 Å². The van der Waals surface area contributed by atoms with Crippen molar-refractivity contribution in [2.45, 2.75) is 45.3 Å². The van der Waals surface area contributed by atoms with E-state index in [-0.39, 0.29) is 17.6 Å². The van der Waals surface area contributed by atoms with Crippen molar-refractivity contribution >= 4 is 5.91 Å². The molecule has 0 spiro atoms. The molecule has 5 heteroatoms. The van der Waals surface area contributed by atoms with E-state index in [9.17, 15) is 4.79 Å². The van der Waals surface area contributed by atoms with Gasteiger partial charge in [0.15, 0.2) is 0 Å². The lowest BCUT2D eigenvalue weighted by atomic mass is 10.1. The molecule has 0 aromatic carbocycles. The number of hydrogen-bond acceptors (Lipinski definition) is 4. The Hall–Kier alpha value is -1.12. The minimum Gasteiger partial charge on any atom is -0.370 e. The summed E-state index contributed by atoms with van der Waals surface area (Å²) in [5.41, 5.74) is -0.145. The van der Waals surface area contributed by atoms with E-state index in [1.165, 1.54) is 0 Å². The smallest absolute Gasteiger partial charge is 0.223 e. The maximum absolute atomic E-state index is 11.9. The zero-order valence-electron chi connectivity index (χ0n) is 12.5. The van der Waals surface area contributed by atoms with Crippen molar-refractivity contribution in [3.63, 3.8) is 0 Å². The Labute approximate surface area is 116 Å². The van der Waals surface area contributed by atoms with Gasteiger partial charge in [-0.15, -0.1) is 0 Å². The van der Waals surface area contributed by atoms with E-state index in [4.69, 9.17) is 10.00 Å². The topological polar surface area (TPSA) is 56.6 Å². The first kappa shape index (κ1) is 15.9. The first-order chi connectivity index (χ1) is 8.84. The molecule has 0 aromatic heterocycles. The van der Waals surface area contributed by atoms with E-state index < -0.39 is 0 Å². The molecule has 1 rings (SSSR count). The molecule has 19 heavy (non-hydrogen) atoms. The SMILES string of the molecule is CC1CN(CCC(=O)N(C)CCC#N)CC(C)(C)O1. The highest BCUT2D eigenvalue weighted by molar-refractivity contribution is 5.76. The minimum absolute atomic E-state index is 0.104. The Kier molecular flexibility index (Phi) is 5.77. The number of carbonyl (C=O) groups is 1. The van der Waals surface area contributed by atoms with Gasteiger partial charge in [0.1, 0.15) is 0 Å². The van der Waals surface area contributed by atoms with Crippen LogP contribution < -0.4 is 0 Å². The maximum atomic E-state index is 11.9. The van der Waals surface area contributed by atoms with E-state index in [0.717, 1.165) is 19.6 Å². The second-order valence-corrected chi connectivity index (χ2v) is 5.90. The van der Waals surface area contributed by atoms with Gasteiger partial charge in [-0.3, -0.25) is 9.69 Å². The minimum atomic E-state index is -0.145. The van der Waals surface area contributed by atoms with E-state index in [2.05, 4.69) is 31.7 Å². The molecule has 1 amide bonds. The first-order valence-electron chi connectivity index (χ1n) is 6.85. The number of carbonyl (C=O) groups excluding carboxylic acids is 1. The van der Waals surface area contributed by atoms with E-state index in [1.807, 2.05) is 0 Å². The molecule has 108 valence electrons. The quantitative estimate of drug-likeness (QED) is 0.752. The molecule has 5 nitrogen and oxygen atoms in total. The second-order valence-electron chi connectivity index (χ2n) is 5.90. The third kappa shape index (κ3) is 5.58. The highest BCUT2D eigenvalue weighted by Gasteiger charge is 2.31. The number of rotatable bonds is 5. The van der Waals surface area contributed by atoms with Crippen LogP contribution in [0, 0.1) is 11.3 Å². The summed E-state index contributed by atoms with van der Waals surface area (Å²) in [6, 6.07) is 2.05. The second kappa shape index (κ2) is 6.88. The van der Waals surface area contributed by atoms with Crippen LogP contribution >= 0.6 is 0 Å². The van der Waals surface area contributed by atoms with Gasteiger partial charge in [-0.25, -0.2) is 0 Å². The standard InChI is InChI=1S/C14H25N3O2/c1-12-10-17(11-14(2,3)19-12)9-6-13(18)16(4)8-5-7-15/h12H,5-6,8-11H2,1-4H3. The van der Waals surface area contributed by atoms with Crippen LogP contribution in [0.3, 0.4) is 0 Å². The van der Waals surface area contributed by atoms with E-state index in [1.54, 1.807) is 11.9 Å². The highest BCUT2D eigenvalue weighted by atomic mass is 16.5. The predicted octanol–water partition coefficient (Wildman–Crippen LogP) is 1.25. The third-order valence-electron chi connectivity index (χ3n) is 3.27. The van der Waals surface area contributed by atoms with Gasteiger partial charge in [-0.1, -0.05) is 0 Å². The zero-order valence-corrected chi connectivity index (χ0v) is 12.5.